The van der Waals surface area contributed by atoms with Gasteiger partial charge in [0.05, 0.1) is 13.2 Å². The van der Waals surface area contributed by atoms with Gasteiger partial charge in [-0.3, -0.25) is 4.68 Å². The Hall–Kier alpha value is -1.63. The fraction of sp³-hybridized carbons (Fsp3) is 0.727. The Morgan fingerprint density at radius 2 is 2.50 bits per heavy atom. The first kappa shape index (κ1) is 12.8. The maximum Gasteiger partial charge on any atom is 0.409 e. The van der Waals surface area contributed by atoms with E-state index >= 15 is 0 Å². The van der Waals surface area contributed by atoms with Gasteiger partial charge in [-0.05, 0) is 13.3 Å². The number of carbonyl (C=O) groups excluding carboxylic acids is 1. The van der Waals surface area contributed by atoms with Gasteiger partial charge >= 0.3 is 6.09 Å². The molecule has 7 nitrogen and oxygen atoms in total. The van der Waals surface area contributed by atoms with E-state index in [1.165, 1.54) is 6.33 Å². The zero-order valence-electron chi connectivity index (χ0n) is 10.6. The Labute approximate surface area is 106 Å². The van der Waals surface area contributed by atoms with Crippen LogP contribution in [0.5, 0.6) is 0 Å². The van der Waals surface area contributed by atoms with Crippen LogP contribution in [0.25, 0.3) is 0 Å². The number of aromatic nitrogens is 3. The van der Waals surface area contributed by atoms with Gasteiger partial charge in [-0.1, -0.05) is 0 Å². The van der Waals surface area contributed by atoms with Crippen LogP contribution in [0, 0.1) is 0 Å². The van der Waals surface area contributed by atoms with Gasteiger partial charge in [0.2, 0.25) is 0 Å². The number of likely N-dealkylation sites (tertiary alicyclic amines) is 1. The number of hydrogen-bond donors (Lipinski definition) is 1. The molecular formula is C11H19N5O2. The first-order valence-electron chi connectivity index (χ1n) is 6.27. The summed E-state index contributed by atoms with van der Waals surface area (Å²) in [6.07, 6.45) is 3.98. The van der Waals surface area contributed by atoms with Crippen molar-refractivity contribution in [1.82, 2.24) is 25.0 Å². The largest absolute Gasteiger partial charge is 0.450 e. The lowest BCUT2D eigenvalue weighted by Gasteiger charge is -2.16. The van der Waals surface area contributed by atoms with Crippen LogP contribution in [0.1, 0.15) is 13.3 Å². The topological polar surface area (TPSA) is 72.3 Å². The van der Waals surface area contributed by atoms with Crippen molar-refractivity contribution in [3.63, 3.8) is 0 Å². The summed E-state index contributed by atoms with van der Waals surface area (Å²) in [6, 6.07) is 0.345. The molecule has 7 heteroatoms. The van der Waals surface area contributed by atoms with E-state index in [2.05, 4.69) is 15.4 Å². The van der Waals surface area contributed by atoms with Gasteiger partial charge in [0, 0.05) is 25.7 Å². The van der Waals surface area contributed by atoms with Gasteiger partial charge in [-0.15, -0.1) is 0 Å². The minimum absolute atomic E-state index is 0.210. The van der Waals surface area contributed by atoms with E-state index in [4.69, 9.17) is 4.74 Å². The minimum atomic E-state index is -0.210. The summed E-state index contributed by atoms with van der Waals surface area (Å²) in [5.41, 5.74) is 0. The molecule has 0 aromatic carbocycles. The molecule has 0 radical (unpaired) electrons. The van der Waals surface area contributed by atoms with Gasteiger partial charge in [0.15, 0.2) is 0 Å². The molecule has 0 bridgehead atoms. The minimum Gasteiger partial charge on any atom is -0.450 e. The molecule has 0 aliphatic carbocycles. The number of carbonyl (C=O) groups is 1. The number of nitrogens with one attached hydrogen (secondary N) is 1. The number of amides is 1. The molecule has 0 spiro atoms. The summed E-state index contributed by atoms with van der Waals surface area (Å²) in [4.78, 5) is 17.1. The number of hydrogen-bond acceptors (Lipinski definition) is 5. The average molecular weight is 253 g/mol. The maximum atomic E-state index is 11.5. The maximum absolute atomic E-state index is 11.5. The third kappa shape index (κ3) is 3.43. The monoisotopic (exact) mass is 253 g/mol. The standard InChI is InChI=1S/C11H19N5O2/c1-2-18-11(17)15-5-3-10(7-15)13-4-6-16-9-12-8-14-16/h8-10,13H,2-7H2,1H3/t10-/m1/s1. The lowest BCUT2D eigenvalue weighted by molar-refractivity contribution is 0.115. The summed E-state index contributed by atoms with van der Waals surface area (Å²) in [5, 5.41) is 7.44. The summed E-state index contributed by atoms with van der Waals surface area (Å²) in [7, 11) is 0. The van der Waals surface area contributed by atoms with Crippen molar-refractivity contribution in [3.05, 3.63) is 12.7 Å². The van der Waals surface area contributed by atoms with Crippen molar-refractivity contribution in [3.8, 4) is 0 Å². The van der Waals surface area contributed by atoms with Crippen LogP contribution in [-0.4, -0.2) is 58.0 Å². The molecule has 1 fully saturated rings. The number of rotatable bonds is 5. The first-order chi connectivity index (χ1) is 8.79. The van der Waals surface area contributed by atoms with Gasteiger partial charge in [0.1, 0.15) is 12.7 Å². The summed E-state index contributed by atoms with van der Waals surface area (Å²) >= 11 is 0. The van der Waals surface area contributed by atoms with Crippen molar-refractivity contribution in [2.24, 2.45) is 0 Å². The molecule has 1 aliphatic rings. The van der Waals surface area contributed by atoms with E-state index in [-0.39, 0.29) is 6.09 Å². The van der Waals surface area contributed by atoms with Gasteiger partial charge < -0.3 is 15.0 Å². The van der Waals surface area contributed by atoms with Crippen LogP contribution < -0.4 is 5.32 Å². The first-order valence-corrected chi connectivity index (χ1v) is 6.27. The second-order valence-corrected chi connectivity index (χ2v) is 4.24. The van der Waals surface area contributed by atoms with E-state index in [1.807, 2.05) is 6.92 Å². The summed E-state index contributed by atoms with van der Waals surface area (Å²) in [5.74, 6) is 0. The molecule has 1 N–H and O–H groups in total. The molecule has 1 aromatic heterocycles. The number of ether oxygens (including phenoxy) is 1. The third-order valence-corrected chi connectivity index (χ3v) is 2.95. The zero-order valence-corrected chi connectivity index (χ0v) is 10.6. The molecule has 1 amide bonds. The second kappa shape index (κ2) is 6.34. The highest BCUT2D eigenvalue weighted by atomic mass is 16.6. The average Bonchev–Trinajstić information content (AvgIpc) is 3.00. The van der Waals surface area contributed by atoms with Crippen LogP contribution in [0.15, 0.2) is 12.7 Å². The highest BCUT2D eigenvalue weighted by Crippen LogP contribution is 2.10. The van der Waals surface area contributed by atoms with Crippen LogP contribution in [-0.2, 0) is 11.3 Å². The van der Waals surface area contributed by atoms with Crippen LogP contribution >= 0.6 is 0 Å². The van der Waals surface area contributed by atoms with Crippen LogP contribution in [0.2, 0.25) is 0 Å². The molecule has 0 saturated carbocycles. The van der Waals surface area contributed by atoms with Crippen molar-refractivity contribution in [1.29, 1.82) is 0 Å². The SMILES string of the molecule is CCOC(=O)N1CC[C@@H](NCCn2cncn2)C1. The Bertz CT molecular complexity index is 368. The zero-order chi connectivity index (χ0) is 12.8. The highest BCUT2D eigenvalue weighted by Gasteiger charge is 2.26. The van der Waals surface area contributed by atoms with E-state index < -0.39 is 0 Å². The Kier molecular flexibility index (Phi) is 4.52. The van der Waals surface area contributed by atoms with E-state index in [0.29, 0.717) is 12.6 Å². The predicted octanol–water partition coefficient (Wildman–Crippen LogP) is 0.0985. The predicted molar refractivity (Wildman–Crippen MR) is 65.0 cm³/mol. The van der Waals surface area contributed by atoms with E-state index in [9.17, 15) is 4.79 Å². The molecule has 2 heterocycles. The molecule has 1 atom stereocenters. The number of nitrogens with zero attached hydrogens (tertiary/aromatic N) is 4. The summed E-state index contributed by atoms with van der Waals surface area (Å²) in [6.45, 7) is 5.35. The second-order valence-electron chi connectivity index (χ2n) is 4.24. The Balaban J connectivity index is 1.65. The molecule has 1 aromatic rings. The summed E-state index contributed by atoms with van der Waals surface area (Å²) < 4.78 is 6.76. The lowest BCUT2D eigenvalue weighted by Crippen LogP contribution is -2.36. The fourth-order valence-corrected chi connectivity index (χ4v) is 2.04. The fourth-order valence-electron chi connectivity index (χ4n) is 2.04. The lowest BCUT2D eigenvalue weighted by atomic mass is 10.2. The van der Waals surface area contributed by atoms with Crippen LogP contribution in [0.3, 0.4) is 0 Å². The molecule has 18 heavy (non-hydrogen) atoms. The molecule has 100 valence electrons. The van der Waals surface area contributed by atoms with Crippen molar-refractivity contribution in [2.45, 2.75) is 25.9 Å². The quantitative estimate of drug-likeness (QED) is 0.805. The van der Waals surface area contributed by atoms with Gasteiger partial charge in [-0.2, -0.15) is 5.10 Å². The van der Waals surface area contributed by atoms with Crippen LogP contribution in [0.4, 0.5) is 4.79 Å². The Morgan fingerprint density at radius 3 is 3.22 bits per heavy atom. The van der Waals surface area contributed by atoms with E-state index in [1.54, 1.807) is 15.9 Å². The normalized spacial score (nSPS) is 19.2. The van der Waals surface area contributed by atoms with E-state index in [0.717, 1.165) is 32.6 Å². The third-order valence-electron chi connectivity index (χ3n) is 2.95. The van der Waals surface area contributed by atoms with Crippen molar-refractivity contribution >= 4 is 6.09 Å². The highest BCUT2D eigenvalue weighted by molar-refractivity contribution is 5.68. The molecule has 0 unspecified atom stereocenters. The molecular weight excluding hydrogens is 234 g/mol. The van der Waals surface area contributed by atoms with Gasteiger partial charge in [-0.25, -0.2) is 9.78 Å². The van der Waals surface area contributed by atoms with Gasteiger partial charge in [0.25, 0.3) is 0 Å². The smallest absolute Gasteiger partial charge is 0.409 e. The Morgan fingerprint density at radius 1 is 1.61 bits per heavy atom. The molecule has 1 saturated heterocycles. The van der Waals surface area contributed by atoms with Crippen molar-refractivity contribution in [2.75, 3.05) is 26.2 Å². The van der Waals surface area contributed by atoms with Crippen molar-refractivity contribution < 1.29 is 9.53 Å². The molecule has 1 aliphatic heterocycles. The molecule has 2 rings (SSSR count).